The molecule has 0 saturated carbocycles. The summed E-state index contributed by atoms with van der Waals surface area (Å²) in [5.74, 6) is 0.317. The summed E-state index contributed by atoms with van der Waals surface area (Å²) in [6.45, 7) is 5.73. The lowest BCUT2D eigenvalue weighted by molar-refractivity contribution is -0.118. The van der Waals surface area contributed by atoms with Gasteiger partial charge in [-0.1, -0.05) is 0 Å². The molecule has 1 saturated heterocycles. The number of nitrogens with zero attached hydrogens (tertiary/aromatic N) is 3. The Bertz CT molecular complexity index is 762. The predicted molar refractivity (Wildman–Crippen MR) is 92.6 cm³/mol. The van der Waals surface area contributed by atoms with Gasteiger partial charge in [-0.25, -0.2) is 19.5 Å². The van der Waals surface area contributed by atoms with E-state index in [9.17, 15) is 14.4 Å². The zero-order valence-electron chi connectivity index (χ0n) is 15.3. The van der Waals surface area contributed by atoms with E-state index in [0.717, 1.165) is 0 Å². The molecule has 0 radical (unpaired) electrons. The Morgan fingerprint density at radius 3 is 2.96 bits per heavy atom. The number of hydrogen-bond donors (Lipinski definition) is 2. The Balaban J connectivity index is 1.54. The highest BCUT2D eigenvalue weighted by molar-refractivity contribution is 5.94. The van der Waals surface area contributed by atoms with Gasteiger partial charge in [0.1, 0.15) is 11.7 Å². The van der Waals surface area contributed by atoms with Crippen molar-refractivity contribution in [1.82, 2.24) is 15.3 Å². The molecule has 3 amide bonds. The normalized spacial score (nSPS) is 18.9. The van der Waals surface area contributed by atoms with E-state index in [0.29, 0.717) is 12.2 Å². The number of anilines is 2. The Morgan fingerprint density at radius 1 is 1.44 bits per heavy atom. The van der Waals surface area contributed by atoms with Crippen molar-refractivity contribution in [2.24, 2.45) is 0 Å². The smallest absolute Gasteiger partial charge is 0.417 e. The molecule has 1 atom stereocenters. The second kappa shape index (κ2) is 7.25. The fourth-order valence-electron chi connectivity index (χ4n) is 2.48. The van der Waals surface area contributed by atoms with E-state index in [1.54, 1.807) is 20.8 Å². The van der Waals surface area contributed by atoms with Crippen LogP contribution in [0.15, 0.2) is 6.20 Å². The van der Waals surface area contributed by atoms with Crippen molar-refractivity contribution >= 4 is 29.9 Å². The Kier molecular flexibility index (Phi) is 5.02. The van der Waals surface area contributed by atoms with Crippen LogP contribution in [0.25, 0.3) is 0 Å². The summed E-state index contributed by atoms with van der Waals surface area (Å²) in [4.78, 5) is 44.6. The molecular formula is C16H21N5O6. The SMILES string of the molecule is CC(C)(C)OC(=O)NCCC1CN(c2ncc3c(n2)NC(=O)CO3)C(=O)O1. The van der Waals surface area contributed by atoms with Gasteiger partial charge in [0, 0.05) is 13.0 Å². The molecule has 27 heavy (non-hydrogen) atoms. The molecule has 2 aliphatic heterocycles. The van der Waals surface area contributed by atoms with Gasteiger partial charge in [-0.15, -0.1) is 0 Å². The molecule has 0 bridgehead atoms. The lowest BCUT2D eigenvalue weighted by Crippen LogP contribution is -2.34. The van der Waals surface area contributed by atoms with Crippen LogP contribution in [0.1, 0.15) is 27.2 Å². The van der Waals surface area contributed by atoms with Gasteiger partial charge in [0.05, 0.1) is 12.7 Å². The Labute approximate surface area is 155 Å². The van der Waals surface area contributed by atoms with E-state index >= 15 is 0 Å². The quantitative estimate of drug-likeness (QED) is 0.793. The van der Waals surface area contributed by atoms with Crippen molar-refractivity contribution in [2.75, 3.05) is 29.9 Å². The van der Waals surface area contributed by atoms with Crippen molar-refractivity contribution in [2.45, 2.75) is 38.9 Å². The molecule has 0 aliphatic carbocycles. The summed E-state index contributed by atoms with van der Waals surface area (Å²) in [6.07, 6.45) is 0.240. The lowest BCUT2D eigenvalue weighted by Gasteiger charge is -2.20. The Morgan fingerprint density at radius 2 is 2.22 bits per heavy atom. The monoisotopic (exact) mass is 379 g/mol. The minimum absolute atomic E-state index is 0.103. The van der Waals surface area contributed by atoms with E-state index in [4.69, 9.17) is 14.2 Å². The fraction of sp³-hybridized carbons (Fsp3) is 0.562. The van der Waals surface area contributed by atoms with Gasteiger partial charge in [-0.3, -0.25) is 4.79 Å². The number of carbonyl (C=O) groups is 3. The highest BCUT2D eigenvalue weighted by Crippen LogP contribution is 2.28. The summed E-state index contributed by atoms with van der Waals surface area (Å²) in [5.41, 5.74) is -0.580. The van der Waals surface area contributed by atoms with E-state index < -0.39 is 23.9 Å². The number of fused-ring (bicyclic) bond motifs is 1. The molecule has 1 unspecified atom stereocenters. The van der Waals surface area contributed by atoms with Crippen LogP contribution in [0, 0.1) is 0 Å². The lowest BCUT2D eigenvalue weighted by atomic mass is 10.2. The highest BCUT2D eigenvalue weighted by atomic mass is 16.6. The number of nitrogens with one attached hydrogen (secondary N) is 2. The number of carbonyl (C=O) groups excluding carboxylic acids is 3. The minimum atomic E-state index is -0.597. The third-order valence-corrected chi connectivity index (χ3v) is 3.61. The maximum Gasteiger partial charge on any atom is 0.417 e. The molecule has 0 spiro atoms. The summed E-state index contributed by atoms with van der Waals surface area (Å²) >= 11 is 0. The van der Waals surface area contributed by atoms with Crippen LogP contribution < -0.4 is 20.3 Å². The summed E-state index contributed by atoms with van der Waals surface area (Å²) < 4.78 is 15.6. The maximum atomic E-state index is 12.1. The van der Waals surface area contributed by atoms with E-state index in [-0.39, 0.29) is 37.4 Å². The molecular weight excluding hydrogens is 358 g/mol. The summed E-state index contributed by atoms with van der Waals surface area (Å²) in [7, 11) is 0. The molecule has 0 aromatic carbocycles. The second-order valence-corrected chi connectivity index (χ2v) is 7.05. The number of alkyl carbamates (subject to hydrolysis) is 1. The van der Waals surface area contributed by atoms with Crippen LogP contribution in [-0.4, -0.2) is 59.5 Å². The van der Waals surface area contributed by atoms with E-state index in [2.05, 4.69) is 20.6 Å². The molecule has 146 valence electrons. The van der Waals surface area contributed by atoms with E-state index in [1.807, 2.05) is 0 Å². The Hall–Kier alpha value is -3.11. The highest BCUT2D eigenvalue weighted by Gasteiger charge is 2.34. The van der Waals surface area contributed by atoms with Gasteiger partial charge in [-0.05, 0) is 20.8 Å². The molecule has 3 rings (SSSR count). The molecule has 1 aromatic heterocycles. The first-order valence-corrected chi connectivity index (χ1v) is 8.46. The first-order valence-electron chi connectivity index (χ1n) is 8.46. The van der Waals surface area contributed by atoms with Crippen molar-refractivity contribution in [3.8, 4) is 5.75 Å². The van der Waals surface area contributed by atoms with Crippen LogP contribution in [0.2, 0.25) is 0 Å². The number of amides is 3. The molecule has 1 fully saturated rings. The number of cyclic esters (lactones) is 1. The topological polar surface area (TPSA) is 132 Å². The molecule has 11 nitrogen and oxygen atoms in total. The zero-order chi connectivity index (χ0) is 19.6. The average Bonchev–Trinajstić information content (AvgIpc) is 2.93. The van der Waals surface area contributed by atoms with Crippen molar-refractivity contribution < 1.29 is 28.6 Å². The van der Waals surface area contributed by atoms with Crippen molar-refractivity contribution in [3.05, 3.63) is 6.20 Å². The van der Waals surface area contributed by atoms with Crippen molar-refractivity contribution in [1.29, 1.82) is 0 Å². The van der Waals surface area contributed by atoms with Gasteiger partial charge < -0.3 is 24.8 Å². The molecule has 11 heteroatoms. The standard InChI is InChI=1S/C16H21N5O6/c1-16(2,3)27-14(23)17-5-4-9-7-21(15(24)26-9)13-18-6-10-12(20-13)19-11(22)8-25-10/h6,9H,4-5,7-8H2,1-3H3,(H,17,23)(H,18,19,20,22). The third-order valence-electron chi connectivity index (χ3n) is 3.61. The number of hydrogen-bond acceptors (Lipinski definition) is 8. The largest absolute Gasteiger partial charge is 0.478 e. The maximum absolute atomic E-state index is 12.1. The number of rotatable bonds is 4. The fourth-order valence-corrected chi connectivity index (χ4v) is 2.48. The molecule has 2 N–H and O–H groups in total. The van der Waals surface area contributed by atoms with Gasteiger partial charge in [0.2, 0.25) is 5.95 Å². The zero-order valence-corrected chi connectivity index (χ0v) is 15.3. The van der Waals surface area contributed by atoms with Gasteiger partial charge >= 0.3 is 12.2 Å². The molecule has 3 heterocycles. The van der Waals surface area contributed by atoms with Gasteiger partial charge in [0.25, 0.3) is 5.91 Å². The number of ether oxygens (including phenoxy) is 3. The van der Waals surface area contributed by atoms with Crippen molar-refractivity contribution in [3.63, 3.8) is 0 Å². The number of aromatic nitrogens is 2. The van der Waals surface area contributed by atoms with Crippen LogP contribution in [0.5, 0.6) is 5.75 Å². The predicted octanol–water partition coefficient (Wildman–Crippen LogP) is 1.05. The van der Waals surface area contributed by atoms with Gasteiger partial charge in [0.15, 0.2) is 18.2 Å². The summed E-state index contributed by atoms with van der Waals surface area (Å²) in [5, 5.41) is 5.17. The van der Waals surface area contributed by atoms with E-state index in [1.165, 1.54) is 11.1 Å². The minimum Gasteiger partial charge on any atom is -0.478 e. The first kappa shape index (κ1) is 18.7. The molecule has 1 aromatic rings. The first-order chi connectivity index (χ1) is 12.7. The van der Waals surface area contributed by atoms with Crippen LogP contribution in [0.4, 0.5) is 21.4 Å². The summed E-state index contributed by atoms with van der Waals surface area (Å²) in [6, 6.07) is 0. The van der Waals surface area contributed by atoms with Crippen LogP contribution >= 0.6 is 0 Å². The van der Waals surface area contributed by atoms with Crippen LogP contribution in [-0.2, 0) is 14.3 Å². The van der Waals surface area contributed by atoms with Crippen LogP contribution in [0.3, 0.4) is 0 Å². The third kappa shape index (κ3) is 4.74. The second-order valence-electron chi connectivity index (χ2n) is 7.05. The average molecular weight is 379 g/mol. The molecule has 2 aliphatic rings. The van der Waals surface area contributed by atoms with Gasteiger partial charge in [-0.2, -0.15) is 4.98 Å².